The lowest BCUT2D eigenvalue weighted by molar-refractivity contribution is -0.144. The van der Waals surface area contributed by atoms with E-state index < -0.39 is 17.5 Å². The Bertz CT molecular complexity index is 378. The molecule has 0 aliphatic carbocycles. The first-order chi connectivity index (χ1) is 6.97. The number of benzene rings is 1. The van der Waals surface area contributed by atoms with Gasteiger partial charge in [0, 0.05) is 0 Å². The van der Waals surface area contributed by atoms with Crippen LogP contribution in [0.3, 0.4) is 0 Å². The van der Waals surface area contributed by atoms with Crippen LogP contribution in [0.15, 0.2) is 30.3 Å². The highest BCUT2D eigenvalue weighted by Crippen LogP contribution is 2.20. The molecule has 0 radical (unpaired) electrons. The largest absolute Gasteiger partial charge is 0.479 e. The van der Waals surface area contributed by atoms with E-state index in [4.69, 9.17) is 10.8 Å². The molecule has 0 saturated heterocycles. The van der Waals surface area contributed by atoms with Crippen molar-refractivity contribution in [3.05, 3.63) is 35.9 Å². The molecule has 4 N–H and O–H groups in total. The van der Waals surface area contributed by atoms with Gasteiger partial charge in [0.2, 0.25) is 0 Å². The van der Waals surface area contributed by atoms with Crippen LogP contribution in [-0.2, 0) is 10.3 Å². The molecule has 0 bridgehead atoms. The van der Waals surface area contributed by atoms with E-state index >= 15 is 0 Å². The number of primary amides is 1. The smallest absolute Gasteiger partial charge is 0.333 e. The van der Waals surface area contributed by atoms with Gasteiger partial charge in [-0.15, -0.1) is 0 Å². The summed E-state index contributed by atoms with van der Waals surface area (Å²) in [7, 11) is 0. The zero-order chi connectivity index (χ0) is 11.5. The minimum atomic E-state index is -1.49. The zero-order valence-corrected chi connectivity index (χ0v) is 8.23. The van der Waals surface area contributed by atoms with E-state index in [2.05, 4.69) is 5.32 Å². The molecule has 0 aliphatic rings. The molecule has 1 atom stereocenters. The van der Waals surface area contributed by atoms with Crippen LogP contribution in [0.4, 0.5) is 4.79 Å². The number of hydrogen-bond acceptors (Lipinski definition) is 2. The molecule has 0 unspecified atom stereocenters. The van der Waals surface area contributed by atoms with Crippen molar-refractivity contribution in [2.45, 2.75) is 12.5 Å². The number of hydrogen-bond donors (Lipinski definition) is 3. The van der Waals surface area contributed by atoms with Gasteiger partial charge in [-0.05, 0) is 12.5 Å². The summed E-state index contributed by atoms with van der Waals surface area (Å²) in [6.45, 7) is 1.38. The molecule has 0 fully saturated rings. The van der Waals surface area contributed by atoms with E-state index in [-0.39, 0.29) is 0 Å². The van der Waals surface area contributed by atoms with E-state index in [1.165, 1.54) is 6.92 Å². The Morgan fingerprint density at radius 2 is 1.87 bits per heavy atom. The first-order valence-corrected chi connectivity index (χ1v) is 4.33. The van der Waals surface area contributed by atoms with Crippen LogP contribution in [0.25, 0.3) is 0 Å². The quantitative estimate of drug-likeness (QED) is 0.681. The molecule has 0 aromatic heterocycles. The summed E-state index contributed by atoms with van der Waals surface area (Å²) >= 11 is 0. The summed E-state index contributed by atoms with van der Waals surface area (Å²) < 4.78 is 0. The topological polar surface area (TPSA) is 92.4 Å². The van der Waals surface area contributed by atoms with Gasteiger partial charge in [-0.2, -0.15) is 0 Å². The minimum Gasteiger partial charge on any atom is -0.479 e. The third-order valence-electron chi connectivity index (χ3n) is 2.15. The molecule has 0 heterocycles. The van der Waals surface area contributed by atoms with Crippen molar-refractivity contribution in [2.24, 2.45) is 5.73 Å². The number of aliphatic carboxylic acids is 1. The lowest BCUT2D eigenvalue weighted by atomic mass is 9.92. The van der Waals surface area contributed by atoms with Crippen molar-refractivity contribution in [3.63, 3.8) is 0 Å². The first kappa shape index (κ1) is 11.0. The van der Waals surface area contributed by atoms with Crippen LogP contribution < -0.4 is 11.1 Å². The molecule has 0 spiro atoms. The van der Waals surface area contributed by atoms with E-state index in [9.17, 15) is 9.59 Å². The molecule has 80 valence electrons. The van der Waals surface area contributed by atoms with Gasteiger partial charge in [0.1, 0.15) is 0 Å². The maximum absolute atomic E-state index is 11.1. The number of carboxylic acids is 1. The fourth-order valence-electron chi connectivity index (χ4n) is 1.27. The van der Waals surface area contributed by atoms with Crippen molar-refractivity contribution in [2.75, 3.05) is 0 Å². The van der Waals surface area contributed by atoms with E-state index in [1.54, 1.807) is 30.3 Å². The monoisotopic (exact) mass is 208 g/mol. The predicted octanol–water partition coefficient (Wildman–Crippen LogP) is 0.655. The Labute approximate surface area is 86.9 Å². The highest BCUT2D eigenvalue weighted by molar-refractivity contribution is 5.86. The lowest BCUT2D eigenvalue weighted by Crippen LogP contribution is -2.51. The fourth-order valence-corrected chi connectivity index (χ4v) is 1.27. The number of carbonyl (C=O) groups excluding carboxylic acids is 1. The van der Waals surface area contributed by atoms with Gasteiger partial charge in [0.15, 0.2) is 5.54 Å². The molecule has 15 heavy (non-hydrogen) atoms. The average Bonchev–Trinajstić information content (AvgIpc) is 2.17. The van der Waals surface area contributed by atoms with Gasteiger partial charge in [-0.3, -0.25) is 0 Å². The highest BCUT2D eigenvalue weighted by atomic mass is 16.4. The van der Waals surface area contributed by atoms with Crippen LogP contribution in [0, 0.1) is 0 Å². The second-order valence-electron chi connectivity index (χ2n) is 3.29. The van der Waals surface area contributed by atoms with Gasteiger partial charge in [0.05, 0.1) is 0 Å². The normalized spacial score (nSPS) is 13.9. The molecule has 2 amide bonds. The number of urea groups is 1. The fraction of sp³-hybridized carbons (Fsp3) is 0.200. The number of nitrogens with one attached hydrogen (secondary N) is 1. The van der Waals surface area contributed by atoms with Crippen molar-refractivity contribution in [3.8, 4) is 0 Å². The molecule has 5 heteroatoms. The first-order valence-electron chi connectivity index (χ1n) is 4.33. The average molecular weight is 208 g/mol. The van der Waals surface area contributed by atoms with E-state index in [1.807, 2.05) is 0 Å². The number of amides is 2. The maximum Gasteiger partial charge on any atom is 0.333 e. The molecular weight excluding hydrogens is 196 g/mol. The van der Waals surface area contributed by atoms with Crippen molar-refractivity contribution in [1.29, 1.82) is 0 Å². The minimum absolute atomic E-state index is 0.469. The van der Waals surface area contributed by atoms with Crippen LogP contribution >= 0.6 is 0 Å². The Morgan fingerprint density at radius 3 is 2.27 bits per heavy atom. The van der Waals surface area contributed by atoms with Crippen molar-refractivity contribution < 1.29 is 14.7 Å². The zero-order valence-electron chi connectivity index (χ0n) is 8.23. The molecule has 0 aliphatic heterocycles. The van der Waals surface area contributed by atoms with Crippen LogP contribution in [0.2, 0.25) is 0 Å². The Balaban J connectivity index is 3.13. The predicted molar refractivity (Wildman–Crippen MR) is 54.1 cm³/mol. The standard InChI is InChI=1S/C10H12N2O3/c1-10(8(13)14,12-9(11)15)7-5-3-2-4-6-7/h2-6H,1H3,(H,13,14)(H3,11,12,15)/t10-/m0/s1. The second kappa shape index (κ2) is 4.00. The van der Waals surface area contributed by atoms with Gasteiger partial charge < -0.3 is 16.2 Å². The molecule has 0 saturated carbocycles. The summed E-state index contributed by atoms with van der Waals surface area (Å²) in [4.78, 5) is 21.8. The number of rotatable bonds is 3. The van der Waals surface area contributed by atoms with Crippen molar-refractivity contribution in [1.82, 2.24) is 5.32 Å². The number of carbonyl (C=O) groups is 2. The summed E-state index contributed by atoms with van der Waals surface area (Å²) in [6, 6.07) is 7.51. The summed E-state index contributed by atoms with van der Waals surface area (Å²) in [5.74, 6) is -1.16. The molecule has 1 rings (SSSR count). The van der Waals surface area contributed by atoms with Gasteiger partial charge in [-0.25, -0.2) is 9.59 Å². The maximum atomic E-state index is 11.1. The highest BCUT2D eigenvalue weighted by Gasteiger charge is 2.36. The van der Waals surface area contributed by atoms with Crippen molar-refractivity contribution >= 4 is 12.0 Å². The third-order valence-corrected chi connectivity index (χ3v) is 2.15. The summed E-state index contributed by atoms with van der Waals surface area (Å²) in [5.41, 5.74) is 3.92. The van der Waals surface area contributed by atoms with Crippen LogP contribution in [0.1, 0.15) is 12.5 Å². The van der Waals surface area contributed by atoms with E-state index in [0.717, 1.165) is 0 Å². The Morgan fingerprint density at radius 1 is 1.33 bits per heavy atom. The summed E-state index contributed by atoms with van der Waals surface area (Å²) in [5, 5.41) is 11.3. The second-order valence-corrected chi connectivity index (χ2v) is 3.29. The number of carboxylic acid groups (broad SMARTS) is 1. The van der Waals surface area contributed by atoms with Crippen LogP contribution in [-0.4, -0.2) is 17.1 Å². The third kappa shape index (κ3) is 2.25. The molecule has 1 aromatic carbocycles. The molecule has 5 nitrogen and oxygen atoms in total. The van der Waals surface area contributed by atoms with Gasteiger partial charge >= 0.3 is 12.0 Å². The lowest BCUT2D eigenvalue weighted by Gasteiger charge is -2.25. The van der Waals surface area contributed by atoms with Gasteiger partial charge in [0.25, 0.3) is 0 Å². The molecular formula is C10H12N2O3. The Hall–Kier alpha value is -2.04. The van der Waals surface area contributed by atoms with Gasteiger partial charge in [-0.1, -0.05) is 30.3 Å². The van der Waals surface area contributed by atoms with E-state index in [0.29, 0.717) is 5.56 Å². The Kier molecular flexibility index (Phi) is 2.94. The van der Waals surface area contributed by atoms with Crippen LogP contribution in [0.5, 0.6) is 0 Å². The SMILES string of the molecule is C[C@@](NC(N)=O)(C(=O)O)c1ccccc1. The molecule has 1 aromatic rings. The number of nitrogens with two attached hydrogens (primary N) is 1. The summed E-state index contributed by atoms with van der Waals surface area (Å²) in [6.07, 6.45) is 0.